The molecule has 1 aliphatic rings. The molecule has 8 heteroatoms. The molecular weight excluding hydrogens is 453 g/mol. The second-order valence-electron chi connectivity index (χ2n) is 8.59. The van der Waals surface area contributed by atoms with E-state index >= 15 is 0 Å². The van der Waals surface area contributed by atoms with E-state index in [1.807, 2.05) is 6.07 Å². The standard InChI is InChI=1S/C26H28FN3O3S/c1-18-5-4-6-25(20(18)3)29-13-15-30(16-14-29)26(31)24-17-23(12-7-19(24)2)34(32,33)28-22-10-8-21(27)9-11-22/h4-12,17,28H,13-16H2,1-3H3. The van der Waals surface area contributed by atoms with Gasteiger partial charge in [-0.15, -0.1) is 0 Å². The number of benzene rings is 3. The Hall–Kier alpha value is -3.39. The molecular formula is C26H28FN3O3S. The molecule has 0 unspecified atom stereocenters. The van der Waals surface area contributed by atoms with Crippen LogP contribution in [0.2, 0.25) is 0 Å². The van der Waals surface area contributed by atoms with Gasteiger partial charge in [0, 0.05) is 43.1 Å². The first-order valence-corrected chi connectivity index (χ1v) is 12.6. The molecule has 6 nitrogen and oxygen atoms in total. The van der Waals surface area contributed by atoms with Gasteiger partial charge in [-0.05, 0) is 79.9 Å². The van der Waals surface area contributed by atoms with Crippen molar-refractivity contribution in [3.05, 3.63) is 88.7 Å². The molecule has 4 rings (SSSR count). The predicted octanol–water partition coefficient (Wildman–Crippen LogP) is 4.51. The van der Waals surface area contributed by atoms with E-state index in [2.05, 4.69) is 35.6 Å². The summed E-state index contributed by atoms with van der Waals surface area (Å²) < 4.78 is 41.3. The number of carbonyl (C=O) groups excluding carboxylic acids is 1. The van der Waals surface area contributed by atoms with E-state index < -0.39 is 15.8 Å². The first kappa shape index (κ1) is 23.8. The zero-order valence-electron chi connectivity index (χ0n) is 19.5. The van der Waals surface area contributed by atoms with E-state index in [9.17, 15) is 17.6 Å². The quantitative estimate of drug-likeness (QED) is 0.582. The van der Waals surface area contributed by atoms with Crippen LogP contribution in [0, 0.1) is 26.6 Å². The Morgan fingerprint density at radius 2 is 1.56 bits per heavy atom. The first-order valence-electron chi connectivity index (χ1n) is 11.2. The zero-order chi connectivity index (χ0) is 24.5. The molecule has 0 bridgehead atoms. The second-order valence-corrected chi connectivity index (χ2v) is 10.3. The summed E-state index contributed by atoms with van der Waals surface area (Å²) in [5.41, 5.74) is 4.98. The Morgan fingerprint density at radius 3 is 2.24 bits per heavy atom. The van der Waals surface area contributed by atoms with Crippen LogP contribution in [0.15, 0.2) is 65.6 Å². The minimum Gasteiger partial charge on any atom is -0.368 e. The third-order valence-electron chi connectivity index (χ3n) is 6.33. The lowest BCUT2D eigenvalue weighted by molar-refractivity contribution is 0.0745. The number of hydrogen-bond acceptors (Lipinski definition) is 4. The molecule has 1 aliphatic heterocycles. The highest BCUT2D eigenvalue weighted by molar-refractivity contribution is 7.92. The molecule has 1 amide bonds. The van der Waals surface area contributed by atoms with Gasteiger partial charge in [0.15, 0.2) is 0 Å². The van der Waals surface area contributed by atoms with Crippen molar-refractivity contribution in [2.24, 2.45) is 0 Å². The monoisotopic (exact) mass is 481 g/mol. The van der Waals surface area contributed by atoms with Crippen molar-refractivity contribution in [2.75, 3.05) is 35.8 Å². The highest BCUT2D eigenvalue weighted by Gasteiger charge is 2.26. The molecule has 1 heterocycles. The Bertz CT molecular complexity index is 1320. The fourth-order valence-electron chi connectivity index (χ4n) is 4.13. The van der Waals surface area contributed by atoms with Gasteiger partial charge >= 0.3 is 0 Å². The van der Waals surface area contributed by atoms with Gasteiger partial charge in [-0.2, -0.15) is 0 Å². The fraction of sp³-hybridized carbons (Fsp3) is 0.269. The molecule has 0 saturated carbocycles. The van der Waals surface area contributed by atoms with Crippen LogP contribution >= 0.6 is 0 Å². The molecule has 1 N–H and O–H groups in total. The van der Waals surface area contributed by atoms with Gasteiger partial charge in [-0.1, -0.05) is 18.2 Å². The summed E-state index contributed by atoms with van der Waals surface area (Å²) >= 11 is 0. The zero-order valence-corrected chi connectivity index (χ0v) is 20.3. The van der Waals surface area contributed by atoms with Crippen molar-refractivity contribution in [1.82, 2.24) is 4.90 Å². The number of sulfonamides is 1. The minimum atomic E-state index is -3.93. The van der Waals surface area contributed by atoms with Crippen molar-refractivity contribution in [2.45, 2.75) is 25.7 Å². The van der Waals surface area contributed by atoms with Crippen LogP contribution in [-0.4, -0.2) is 45.4 Å². The third kappa shape index (κ3) is 4.92. The third-order valence-corrected chi connectivity index (χ3v) is 7.71. The van der Waals surface area contributed by atoms with E-state index in [1.54, 1.807) is 17.9 Å². The molecule has 0 aromatic heterocycles. The lowest BCUT2D eigenvalue weighted by Crippen LogP contribution is -2.49. The SMILES string of the molecule is Cc1ccc(S(=O)(=O)Nc2ccc(F)cc2)cc1C(=O)N1CCN(c2cccc(C)c2C)CC1. The van der Waals surface area contributed by atoms with Crippen molar-refractivity contribution in [3.63, 3.8) is 0 Å². The van der Waals surface area contributed by atoms with Crippen LogP contribution in [0.1, 0.15) is 27.0 Å². The number of aryl methyl sites for hydroxylation is 2. The number of halogens is 1. The number of nitrogens with one attached hydrogen (secondary N) is 1. The maximum atomic E-state index is 13.3. The minimum absolute atomic E-state index is 0.0141. The number of amides is 1. The summed E-state index contributed by atoms with van der Waals surface area (Å²) in [5, 5.41) is 0. The largest absolute Gasteiger partial charge is 0.368 e. The smallest absolute Gasteiger partial charge is 0.261 e. The Labute approximate surface area is 200 Å². The molecule has 0 radical (unpaired) electrons. The first-order chi connectivity index (χ1) is 16.2. The molecule has 178 valence electrons. The fourth-order valence-corrected chi connectivity index (χ4v) is 5.21. The van der Waals surface area contributed by atoms with E-state index in [0.29, 0.717) is 37.3 Å². The molecule has 1 saturated heterocycles. The van der Waals surface area contributed by atoms with Gasteiger partial charge in [0.25, 0.3) is 15.9 Å². The summed E-state index contributed by atoms with van der Waals surface area (Å²) in [5.74, 6) is -0.638. The molecule has 1 fully saturated rings. The highest BCUT2D eigenvalue weighted by atomic mass is 32.2. The number of rotatable bonds is 5. The van der Waals surface area contributed by atoms with E-state index in [4.69, 9.17) is 0 Å². The topological polar surface area (TPSA) is 69.7 Å². The average Bonchev–Trinajstić information content (AvgIpc) is 2.82. The van der Waals surface area contributed by atoms with Crippen molar-refractivity contribution < 1.29 is 17.6 Å². The second kappa shape index (κ2) is 9.46. The van der Waals surface area contributed by atoms with Gasteiger partial charge in [-0.3, -0.25) is 9.52 Å². The lowest BCUT2D eigenvalue weighted by atomic mass is 10.1. The van der Waals surface area contributed by atoms with Gasteiger partial charge in [-0.25, -0.2) is 12.8 Å². The van der Waals surface area contributed by atoms with Crippen molar-refractivity contribution in [3.8, 4) is 0 Å². The summed E-state index contributed by atoms with van der Waals surface area (Å²) in [6.45, 7) is 8.51. The van der Waals surface area contributed by atoms with E-state index in [1.165, 1.54) is 53.2 Å². The van der Waals surface area contributed by atoms with Crippen LogP contribution < -0.4 is 9.62 Å². The summed E-state index contributed by atoms with van der Waals surface area (Å²) in [6.07, 6.45) is 0. The summed E-state index contributed by atoms with van der Waals surface area (Å²) in [7, 11) is -3.93. The van der Waals surface area contributed by atoms with Crippen LogP contribution in [0.5, 0.6) is 0 Å². The molecule has 3 aromatic carbocycles. The number of nitrogens with zero attached hydrogens (tertiary/aromatic N) is 2. The molecule has 0 aliphatic carbocycles. The predicted molar refractivity (Wildman–Crippen MR) is 132 cm³/mol. The van der Waals surface area contributed by atoms with E-state index in [-0.39, 0.29) is 16.5 Å². The van der Waals surface area contributed by atoms with Crippen LogP contribution in [0.25, 0.3) is 0 Å². The molecule has 0 spiro atoms. The summed E-state index contributed by atoms with van der Waals surface area (Å²) in [4.78, 5) is 17.4. The highest BCUT2D eigenvalue weighted by Crippen LogP contribution is 2.25. The normalized spacial score (nSPS) is 14.2. The van der Waals surface area contributed by atoms with Gasteiger partial charge in [0.2, 0.25) is 0 Å². The van der Waals surface area contributed by atoms with Gasteiger partial charge < -0.3 is 9.80 Å². The maximum absolute atomic E-state index is 13.3. The number of anilines is 2. The molecule has 3 aromatic rings. The van der Waals surface area contributed by atoms with Gasteiger partial charge in [0.1, 0.15) is 5.82 Å². The molecule has 34 heavy (non-hydrogen) atoms. The number of hydrogen-bond donors (Lipinski definition) is 1. The Balaban J connectivity index is 1.50. The average molecular weight is 482 g/mol. The van der Waals surface area contributed by atoms with E-state index in [0.717, 1.165) is 0 Å². The van der Waals surface area contributed by atoms with Crippen molar-refractivity contribution >= 4 is 27.3 Å². The van der Waals surface area contributed by atoms with Crippen LogP contribution in [0.3, 0.4) is 0 Å². The van der Waals surface area contributed by atoms with Crippen molar-refractivity contribution in [1.29, 1.82) is 0 Å². The Kier molecular flexibility index (Phi) is 6.61. The maximum Gasteiger partial charge on any atom is 0.261 e. The van der Waals surface area contributed by atoms with Crippen LogP contribution in [-0.2, 0) is 10.0 Å². The number of carbonyl (C=O) groups is 1. The molecule has 0 atom stereocenters. The Morgan fingerprint density at radius 1 is 0.882 bits per heavy atom. The number of piperazine rings is 1. The lowest BCUT2D eigenvalue weighted by Gasteiger charge is -2.37. The van der Waals surface area contributed by atoms with Crippen LogP contribution in [0.4, 0.5) is 15.8 Å². The van der Waals surface area contributed by atoms with Gasteiger partial charge in [0.05, 0.1) is 4.90 Å². The summed E-state index contributed by atoms with van der Waals surface area (Å²) in [6, 6.07) is 15.8.